The number of anilines is 1. The van der Waals surface area contributed by atoms with Gasteiger partial charge >= 0.3 is 0 Å². The molecule has 0 heterocycles. The maximum atomic E-state index is 12.4. The summed E-state index contributed by atoms with van der Waals surface area (Å²) in [4.78, 5) is 17.5. The molecule has 0 aliphatic rings. The molecule has 1 amide bonds. The van der Waals surface area contributed by atoms with E-state index in [1.807, 2.05) is 43.3 Å². The van der Waals surface area contributed by atoms with Crippen molar-refractivity contribution >= 4 is 33.5 Å². The standard InChI is InChI=1S/C23H32N4O3S/c1-19(28)24-16-6-4-5-7-17-26-31(29,30)23-14-10-21(11-15-23)25-18-20-8-12-22(13-9-20)27(2)3/h8-15,18,26H,4-7,16-17H2,1-3H3,(H,24,28). The number of nitrogens with one attached hydrogen (secondary N) is 2. The third-order valence-corrected chi connectivity index (χ3v) is 6.17. The second kappa shape index (κ2) is 12.2. The molecule has 0 radical (unpaired) electrons. The van der Waals surface area contributed by atoms with Gasteiger partial charge in [-0.15, -0.1) is 0 Å². The van der Waals surface area contributed by atoms with E-state index in [0.29, 0.717) is 18.8 Å². The van der Waals surface area contributed by atoms with E-state index in [1.165, 1.54) is 6.92 Å². The zero-order chi connectivity index (χ0) is 22.7. The molecule has 2 aromatic rings. The first-order valence-electron chi connectivity index (χ1n) is 10.4. The minimum atomic E-state index is -3.53. The predicted molar refractivity (Wildman–Crippen MR) is 127 cm³/mol. The van der Waals surface area contributed by atoms with Crippen LogP contribution < -0.4 is 14.9 Å². The van der Waals surface area contributed by atoms with Crippen LogP contribution in [0.3, 0.4) is 0 Å². The largest absolute Gasteiger partial charge is 0.378 e. The van der Waals surface area contributed by atoms with Crippen LogP contribution in [0.25, 0.3) is 0 Å². The number of carbonyl (C=O) groups excluding carboxylic acids is 1. The van der Waals surface area contributed by atoms with E-state index >= 15 is 0 Å². The first-order valence-corrected chi connectivity index (χ1v) is 11.9. The Kier molecular flexibility index (Phi) is 9.68. The van der Waals surface area contributed by atoms with Gasteiger partial charge in [-0.3, -0.25) is 9.79 Å². The fourth-order valence-corrected chi connectivity index (χ4v) is 3.95. The van der Waals surface area contributed by atoms with E-state index in [9.17, 15) is 13.2 Å². The van der Waals surface area contributed by atoms with E-state index in [0.717, 1.165) is 36.9 Å². The van der Waals surface area contributed by atoms with Gasteiger partial charge in [0.25, 0.3) is 0 Å². The van der Waals surface area contributed by atoms with E-state index in [1.54, 1.807) is 30.5 Å². The Bertz CT molecular complexity index is 953. The Morgan fingerprint density at radius 1 is 0.935 bits per heavy atom. The molecule has 0 saturated heterocycles. The minimum absolute atomic E-state index is 0.0249. The van der Waals surface area contributed by atoms with Gasteiger partial charge in [0.2, 0.25) is 15.9 Å². The molecule has 2 aromatic carbocycles. The number of carbonyl (C=O) groups is 1. The molecule has 0 bridgehead atoms. The van der Waals surface area contributed by atoms with E-state index < -0.39 is 10.0 Å². The van der Waals surface area contributed by atoms with Gasteiger partial charge < -0.3 is 10.2 Å². The highest BCUT2D eigenvalue weighted by Gasteiger charge is 2.12. The SMILES string of the molecule is CC(=O)NCCCCCCNS(=O)(=O)c1ccc(N=Cc2ccc(N(C)C)cc2)cc1. The van der Waals surface area contributed by atoms with Crippen LogP contribution in [-0.4, -0.2) is 47.7 Å². The lowest BCUT2D eigenvalue weighted by Gasteiger charge is -2.11. The van der Waals surface area contributed by atoms with Crippen molar-refractivity contribution in [2.45, 2.75) is 37.5 Å². The van der Waals surface area contributed by atoms with Crippen LogP contribution in [0.15, 0.2) is 58.4 Å². The average Bonchev–Trinajstić information content (AvgIpc) is 2.74. The fraction of sp³-hybridized carbons (Fsp3) is 0.391. The Labute approximate surface area is 185 Å². The quantitative estimate of drug-likeness (QED) is 0.387. The molecule has 0 aliphatic heterocycles. The number of unbranched alkanes of at least 4 members (excludes halogenated alkanes) is 3. The Morgan fingerprint density at radius 2 is 1.55 bits per heavy atom. The van der Waals surface area contributed by atoms with Gasteiger partial charge in [0.15, 0.2) is 0 Å². The maximum Gasteiger partial charge on any atom is 0.240 e. The van der Waals surface area contributed by atoms with Crippen LogP contribution in [-0.2, 0) is 14.8 Å². The highest BCUT2D eigenvalue weighted by atomic mass is 32.2. The monoisotopic (exact) mass is 444 g/mol. The summed E-state index contributed by atoms with van der Waals surface area (Å²) in [6, 6.07) is 14.5. The molecule has 8 heteroatoms. The molecular weight excluding hydrogens is 412 g/mol. The smallest absolute Gasteiger partial charge is 0.240 e. The second-order valence-electron chi connectivity index (χ2n) is 7.53. The molecule has 0 spiro atoms. The Morgan fingerprint density at radius 3 is 2.13 bits per heavy atom. The summed E-state index contributed by atoms with van der Waals surface area (Å²) in [6.07, 6.45) is 5.27. The molecule has 0 saturated carbocycles. The Balaban J connectivity index is 1.79. The van der Waals surface area contributed by atoms with Gasteiger partial charge in [-0.1, -0.05) is 25.0 Å². The van der Waals surface area contributed by atoms with Crippen molar-refractivity contribution in [2.24, 2.45) is 4.99 Å². The summed E-state index contributed by atoms with van der Waals surface area (Å²) in [5.74, 6) is -0.0249. The molecule has 0 fully saturated rings. The molecule has 0 unspecified atom stereocenters. The van der Waals surface area contributed by atoms with Crippen molar-refractivity contribution in [1.29, 1.82) is 0 Å². The summed E-state index contributed by atoms with van der Waals surface area (Å²) in [6.45, 7) is 2.56. The average molecular weight is 445 g/mol. The number of amides is 1. The second-order valence-corrected chi connectivity index (χ2v) is 9.30. The highest BCUT2D eigenvalue weighted by molar-refractivity contribution is 7.89. The zero-order valence-electron chi connectivity index (χ0n) is 18.5. The highest BCUT2D eigenvalue weighted by Crippen LogP contribution is 2.17. The van der Waals surface area contributed by atoms with Gasteiger partial charge in [-0.25, -0.2) is 13.1 Å². The first kappa shape index (κ1) is 24.6. The third kappa shape index (κ3) is 8.90. The van der Waals surface area contributed by atoms with Crippen LogP contribution >= 0.6 is 0 Å². The van der Waals surface area contributed by atoms with Gasteiger partial charge in [-0.2, -0.15) is 0 Å². The number of hydrogen-bond acceptors (Lipinski definition) is 5. The van der Waals surface area contributed by atoms with Crippen molar-refractivity contribution in [2.75, 3.05) is 32.1 Å². The molecule has 2 rings (SSSR count). The van der Waals surface area contributed by atoms with Crippen molar-refractivity contribution in [3.05, 3.63) is 54.1 Å². The molecule has 168 valence electrons. The normalized spacial score (nSPS) is 11.6. The number of benzene rings is 2. The zero-order valence-corrected chi connectivity index (χ0v) is 19.3. The molecule has 0 aromatic heterocycles. The molecule has 2 N–H and O–H groups in total. The van der Waals surface area contributed by atoms with Crippen molar-refractivity contribution in [1.82, 2.24) is 10.0 Å². The lowest BCUT2D eigenvalue weighted by molar-refractivity contribution is -0.118. The van der Waals surface area contributed by atoms with Gasteiger partial charge in [0.05, 0.1) is 10.6 Å². The topological polar surface area (TPSA) is 90.9 Å². The summed E-state index contributed by atoms with van der Waals surface area (Å²) in [5, 5.41) is 2.75. The van der Waals surface area contributed by atoms with Crippen molar-refractivity contribution in [3.8, 4) is 0 Å². The van der Waals surface area contributed by atoms with Crippen molar-refractivity contribution < 1.29 is 13.2 Å². The van der Waals surface area contributed by atoms with Crippen LogP contribution in [0, 0.1) is 0 Å². The summed E-state index contributed by atoms with van der Waals surface area (Å²) >= 11 is 0. The molecule has 0 atom stereocenters. The number of nitrogens with zero attached hydrogens (tertiary/aromatic N) is 2. The number of hydrogen-bond donors (Lipinski definition) is 2. The minimum Gasteiger partial charge on any atom is -0.378 e. The number of rotatable bonds is 12. The van der Waals surface area contributed by atoms with E-state index in [2.05, 4.69) is 15.0 Å². The lowest BCUT2D eigenvalue weighted by Crippen LogP contribution is -2.24. The van der Waals surface area contributed by atoms with E-state index in [4.69, 9.17) is 0 Å². The number of aliphatic imine (C=N–C) groups is 1. The third-order valence-electron chi connectivity index (χ3n) is 4.69. The fourth-order valence-electron chi connectivity index (χ4n) is 2.88. The van der Waals surface area contributed by atoms with Crippen LogP contribution in [0.4, 0.5) is 11.4 Å². The predicted octanol–water partition coefficient (Wildman–Crippen LogP) is 3.48. The summed E-state index contributed by atoms with van der Waals surface area (Å²) in [5.41, 5.74) is 2.78. The first-order chi connectivity index (χ1) is 14.8. The van der Waals surface area contributed by atoms with Gasteiger partial charge in [-0.05, 0) is 54.8 Å². The molecule has 0 aliphatic carbocycles. The van der Waals surface area contributed by atoms with Crippen LogP contribution in [0.2, 0.25) is 0 Å². The summed E-state index contributed by atoms with van der Waals surface area (Å²) in [7, 11) is 0.451. The van der Waals surface area contributed by atoms with E-state index in [-0.39, 0.29) is 10.8 Å². The Hall–Kier alpha value is -2.71. The van der Waals surface area contributed by atoms with Crippen LogP contribution in [0.1, 0.15) is 38.2 Å². The summed E-state index contributed by atoms with van der Waals surface area (Å²) < 4.78 is 27.5. The van der Waals surface area contributed by atoms with Crippen molar-refractivity contribution in [3.63, 3.8) is 0 Å². The van der Waals surface area contributed by atoms with Crippen LogP contribution in [0.5, 0.6) is 0 Å². The molecule has 31 heavy (non-hydrogen) atoms. The van der Waals surface area contributed by atoms with Gasteiger partial charge in [0.1, 0.15) is 0 Å². The lowest BCUT2D eigenvalue weighted by atomic mass is 10.2. The maximum absolute atomic E-state index is 12.4. The number of sulfonamides is 1. The molecule has 7 nitrogen and oxygen atoms in total. The van der Waals surface area contributed by atoms with Gasteiger partial charge in [0, 0.05) is 46.0 Å². The molecular formula is C23H32N4O3S.